The van der Waals surface area contributed by atoms with E-state index < -0.39 is 5.95 Å². The Bertz CT molecular complexity index is 6250. The van der Waals surface area contributed by atoms with E-state index in [1.807, 2.05) is 177 Å². The minimum absolute atomic E-state index is 0.124. The summed E-state index contributed by atoms with van der Waals surface area (Å²) >= 11 is 14.3. The third kappa shape index (κ3) is 18.5. The van der Waals surface area contributed by atoms with Gasteiger partial charge in [-0.05, 0) is 165 Å². The van der Waals surface area contributed by atoms with Crippen molar-refractivity contribution in [3.05, 3.63) is 297 Å². The molecule has 27 heteroatoms. The van der Waals surface area contributed by atoms with Crippen LogP contribution in [0.4, 0.5) is 13.2 Å². The Morgan fingerprint density at radius 3 is 0.958 bits per heavy atom. The van der Waals surface area contributed by atoms with Gasteiger partial charge in [0.1, 0.15) is 34.6 Å². The largest absolute Gasteiger partial charge is 0.497 e. The highest BCUT2D eigenvalue weighted by Crippen LogP contribution is 2.43. The van der Waals surface area contributed by atoms with Gasteiger partial charge in [-0.15, -0.1) is 0 Å². The van der Waals surface area contributed by atoms with Crippen LogP contribution in [-0.2, 0) is 52.6 Å². The van der Waals surface area contributed by atoms with Gasteiger partial charge in [-0.1, -0.05) is 95.6 Å². The second-order valence-electron chi connectivity index (χ2n) is 27.4. The molecule has 0 amide bonds. The molecule has 8 aromatic carbocycles. The topological polar surface area (TPSA) is 246 Å². The second-order valence-corrected chi connectivity index (χ2v) is 29.0. The molecule has 8 heterocycles. The van der Waals surface area contributed by atoms with Crippen LogP contribution < -0.4 is 28.4 Å². The highest BCUT2D eigenvalue weighted by Gasteiger charge is 2.26. The van der Waals surface area contributed by atoms with Crippen LogP contribution in [0.25, 0.3) is 88.1 Å². The fourth-order valence-corrected chi connectivity index (χ4v) is 15.3. The molecule has 610 valence electrons. The summed E-state index contributed by atoms with van der Waals surface area (Å²) in [5.41, 5.74) is 17.4. The zero-order valence-corrected chi connectivity index (χ0v) is 69.1. The lowest BCUT2D eigenvalue weighted by Gasteiger charge is -2.12. The van der Waals surface area contributed by atoms with Crippen LogP contribution in [0.2, 0.25) is 10.0 Å². The van der Waals surface area contributed by atoms with Crippen molar-refractivity contribution in [3.8, 4) is 79.5 Å². The fraction of sp³-hybridized carbons (Fsp3) is 0.207. The first-order chi connectivity index (χ1) is 57.9. The van der Waals surface area contributed by atoms with Crippen molar-refractivity contribution in [3.63, 3.8) is 0 Å². The summed E-state index contributed by atoms with van der Waals surface area (Å²) in [5, 5.41) is 46.8. The van der Waals surface area contributed by atoms with Gasteiger partial charge in [0, 0.05) is 166 Å². The van der Waals surface area contributed by atoms with Crippen molar-refractivity contribution in [1.82, 2.24) is 53.2 Å². The zero-order valence-electron chi connectivity index (χ0n) is 66.7. The number of methoxy groups -OCH3 is 4. The maximum Gasteiger partial charge on any atom is 0.316 e. The van der Waals surface area contributed by atoms with E-state index in [1.165, 1.54) is 36.2 Å². The number of nitrogens with zero attached hydrogens (tertiary/aromatic N) is 11. The second kappa shape index (κ2) is 38.8. The van der Waals surface area contributed by atoms with Gasteiger partial charge in [0.25, 0.3) is 0 Å². The molecule has 0 saturated heterocycles. The van der Waals surface area contributed by atoms with E-state index in [0.717, 1.165) is 128 Å². The van der Waals surface area contributed by atoms with Crippen LogP contribution in [0.5, 0.6) is 35.0 Å². The predicted molar refractivity (Wildman–Crippen MR) is 460 cm³/mol. The molecule has 8 aromatic heterocycles. The van der Waals surface area contributed by atoms with Crippen molar-refractivity contribution in [1.29, 1.82) is 0 Å². The smallest absolute Gasteiger partial charge is 0.316 e. The molecule has 0 saturated carbocycles. The predicted octanol–water partition coefficient (Wildman–Crippen LogP) is 19.1. The number of rotatable bonds is 25. The number of aryl methyl sites for hydroxylation is 2. The van der Waals surface area contributed by atoms with Crippen LogP contribution in [0, 0.1) is 31.4 Å². The van der Waals surface area contributed by atoms with E-state index in [1.54, 1.807) is 83.8 Å². The Hall–Kier alpha value is -12.3. The Labute approximate surface area is 699 Å². The molecule has 0 bridgehead atoms. The Kier molecular flexibility index (Phi) is 27.6. The molecule has 16 aromatic rings. The highest BCUT2D eigenvalue weighted by molar-refractivity contribution is 7.98. The van der Waals surface area contributed by atoms with E-state index in [-0.39, 0.29) is 51.2 Å². The van der Waals surface area contributed by atoms with Crippen molar-refractivity contribution in [2.75, 3.05) is 47.9 Å². The van der Waals surface area contributed by atoms with Gasteiger partial charge in [0.2, 0.25) is 5.95 Å². The van der Waals surface area contributed by atoms with Gasteiger partial charge < -0.3 is 67.1 Å². The van der Waals surface area contributed by atoms with Crippen LogP contribution >= 0.6 is 35.0 Å². The van der Waals surface area contributed by atoms with Crippen molar-refractivity contribution in [2.45, 2.75) is 85.5 Å². The first-order valence-electron chi connectivity index (χ1n) is 37.9. The number of benzene rings is 8. The van der Waals surface area contributed by atoms with Crippen molar-refractivity contribution < 1.29 is 62.0 Å². The van der Waals surface area contributed by atoms with Gasteiger partial charge >= 0.3 is 12.0 Å². The maximum absolute atomic E-state index is 14.6. The summed E-state index contributed by atoms with van der Waals surface area (Å²) in [6.45, 7) is 9.24. The quantitative estimate of drug-likeness (QED) is 0.0236. The number of aliphatic hydroxyl groups excluding tert-OH is 4. The monoisotopic (exact) mass is 1660 g/mol. The minimum Gasteiger partial charge on any atom is -0.497 e. The van der Waals surface area contributed by atoms with E-state index in [2.05, 4.69) is 44.0 Å². The molecule has 0 aliphatic rings. The lowest BCUT2D eigenvalue weighted by molar-refractivity contribution is 0.272. The first-order valence-corrected chi connectivity index (χ1v) is 39.9. The summed E-state index contributed by atoms with van der Waals surface area (Å²) in [6, 6.07) is 52.2. The van der Waals surface area contributed by atoms with Gasteiger partial charge in [-0.2, -0.15) is 4.39 Å². The lowest BCUT2D eigenvalue weighted by Crippen LogP contribution is -2.07. The number of aromatic nitrogens is 11. The molecule has 0 spiro atoms. The fourth-order valence-electron chi connectivity index (χ4n) is 14.6. The summed E-state index contributed by atoms with van der Waals surface area (Å²) < 4.78 is 82.8. The standard InChI is InChI=1S/C24H24FN3O3.C23H22ClN3O3.C23H20F2N2O2.C22H20ClN3O2S/c1-4-31-24-26-11-17(12-27-24)23-19-10-18(30-3)7-8-21(19)28(22(23)14-29)13-16-6-5-15(2)9-20(16)25;1-3-30-23-25-11-16(12-26-23)22-18-10-17(29-2)8-9-20(18)27(21(22)14-28)13-15-6-4-5-7-19(15)24;1-14-3-4-16(19(24)9-14)12-27-20-7-6-17(29-2)10-18(20)23(21(27)13-28)15-5-8-22(25)26-11-15;1-28-16-7-8-19-17(9-16)21(15-10-24-22(29-2)25-11-15)20(13-27)26(19)12-14-5-3-4-6-18(14)23/h5-12,29H,4,13-14H2,1-3H3;4-12,28H,3,13-14H2,1-2H3;3-11,28H,12-13H2,1-2H3;3-11,27H,12-13H2,1-2H3. The molecule has 4 N–H and O–H groups in total. The molecule has 0 unspecified atom stereocenters. The van der Waals surface area contributed by atoms with E-state index >= 15 is 0 Å². The van der Waals surface area contributed by atoms with Crippen molar-refractivity contribution >= 4 is 78.6 Å². The summed E-state index contributed by atoms with van der Waals surface area (Å²) in [7, 11) is 6.46. The zero-order chi connectivity index (χ0) is 84.0. The number of halogens is 5. The molecule has 119 heavy (non-hydrogen) atoms. The molecule has 0 fully saturated rings. The number of aliphatic hydroxyl groups is 4. The molecule has 0 radical (unpaired) electrons. The lowest BCUT2D eigenvalue weighted by atomic mass is 10.0. The molecule has 16 rings (SSSR count). The van der Waals surface area contributed by atoms with Gasteiger partial charge in [0.05, 0.1) is 104 Å². The van der Waals surface area contributed by atoms with E-state index in [4.69, 9.17) is 51.6 Å². The molecule has 0 aliphatic carbocycles. The van der Waals surface area contributed by atoms with Crippen LogP contribution in [-0.4, -0.2) is 121 Å². The molecular formula is C92H86Cl2F3N11O10S. The average molecular weight is 1670 g/mol. The average Bonchev–Trinajstić information content (AvgIpc) is 1.62. The SMILES string of the molecule is CCOc1ncc(-c2c(CO)n(Cc3ccc(C)cc3F)c3ccc(OC)cc23)cn1.CCOc1ncc(-c2c(CO)n(Cc3ccccc3Cl)c3ccc(OC)cc23)cn1.COc1ccc2c(c1)c(-c1ccc(F)nc1)c(CO)n2Cc1ccc(C)cc1F.COc1ccc2c(c1)c(-c1cnc(SC)nc1)c(CO)n2Cc1ccccc1Cl. The number of thioether (sulfide) groups is 1. The first kappa shape index (κ1) is 84.6. The van der Waals surface area contributed by atoms with E-state index in [0.29, 0.717) is 93.1 Å². The van der Waals surface area contributed by atoms with Gasteiger partial charge in [-0.3, -0.25) is 0 Å². The maximum atomic E-state index is 14.6. The Morgan fingerprint density at radius 1 is 0.361 bits per heavy atom. The summed E-state index contributed by atoms with van der Waals surface area (Å²) in [4.78, 5) is 29.7. The highest BCUT2D eigenvalue weighted by atomic mass is 35.5. The Morgan fingerprint density at radius 2 is 0.672 bits per heavy atom. The normalized spacial score (nSPS) is 11.1. The molecule has 21 nitrogen and oxygen atoms in total. The number of hydrogen-bond donors (Lipinski definition) is 4. The van der Waals surface area contributed by atoms with Crippen molar-refractivity contribution in [2.24, 2.45) is 0 Å². The molecule has 0 aliphatic heterocycles. The summed E-state index contributed by atoms with van der Waals surface area (Å²) in [6.07, 6.45) is 13.7. The number of ether oxygens (including phenoxy) is 6. The summed E-state index contributed by atoms with van der Waals surface area (Å²) in [5.74, 6) is 1.66. The third-order valence-corrected chi connectivity index (χ3v) is 21.6. The van der Waals surface area contributed by atoms with Crippen LogP contribution in [0.3, 0.4) is 0 Å². The minimum atomic E-state index is -0.581. The Balaban J connectivity index is 0.000000137. The third-order valence-electron chi connectivity index (χ3n) is 20.3. The van der Waals surface area contributed by atoms with Crippen LogP contribution in [0.1, 0.15) is 70.0 Å². The van der Waals surface area contributed by atoms with E-state index in [9.17, 15) is 33.6 Å². The number of fused-ring (bicyclic) bond motifs is 4. The van der Waals surface area contributed by atoms with Gasteiger partial charge in [0.15, 0.2) is 5.16 Å². The molecule has 0 atom stereocenters. The number of hydrogen-bond acceptors (Lipinski definition) is 18. The van der Waals surface area contributed by atoms with Gasteiger partial charge in [-0.25, -0.2) is 43.7 Å². The number of pyridine rings is 1. The molecular weight excluding hydrogens is 1580 g/mol. The van der Waals surface area contributed by atoms with Crippen LogP contribution in [0.15, 0.2) is 218 Å².